The van der Waals surface area contributed by atoms with Crippen LogP contribution >= 0.6 is 0 Å². The van der Waals surface area contributed by atoms with Crippen LogP contribution in [0.5, 0.6) is 0 Å². The molecule has 1 aliphatic heterocycles. The van der Waals surface area contributed by atoms with E-state index < -0.39 is 5.91 Å². The van der Waals surface area contributed by atoms with E-state index in [4.69, 9.17) is 14.4 Å². The number of anilines is 1. The number of ether oxygens (including phenoxy) is 1. The Morgan fingerprint density at radius 2 is 1.97 bits per heavy atom. The summed E-state index contributed by atoms with van der Waals surface area (Å²) in [6, 6.07) is 8.52. The Morgan fingerprint density at radius 3 is 2.68 bits per heavy atom. The summed E-state index contributed by atoms with van der Waals surface area (Å²) in [7, 11) is 0. The van der Waals surface area contributed by atoms with Crippen molar-refractivity contribution < 1.29 is 13.9 Å². The van der Waals surface area contributed by atoms with E-state index in [0.29, 0.717) is 23.6 Å². The van der Waals surface area contributed by atoms with Crippen molar-refractivity contribution in [2.24, 2.45) is 0 Å². The monoisotopic (exact) mass is 421 g/mol. The first-order valence-corrected chi connectivity index (χ1v) is 10.2. The van der Waals surface area contributed by atoms with Crippen LogP contribution in [-0.4, -0.2) is 53.2 Å². The number of nitriles is 1. The van der Waals surface area contributed by atoms with Crippen molar-refractivity contribution in [2.45, 2.75) is 19.9 Å². The van der Waals surface area contributed by atoms with E-state index in [9.17, 15) is 9.59 Å². The largest absolute Gasteiger partial charge is 0.442 e. The highest BCUT2D eigenvalue weighted by Gasteiger charge is 2.23. The van der Waals surface area contributed by atoms with Gasteiger partial charge in [0.25, 0.3) is 11.5 Å². The standard InChI is InChI=1S/C22H23N5O4/c1-15-18(20(28)25-17-5-3-16(13-23)4-6-17)19-21(31-15)24-14-27(22(19)29)8-2-7-26-9-11-30-12-10-26/h3-6,14H,2,7-12H2,1H3,(H,25,28). The zero-order valence-electron chi connectivity index (χ0n) is 17.3. The van der Waals surface area contributed by atoms with Gasteiger partial charge < -0.3 is 14.5 Å². The molecule has 0 radical (unpaired) electrons. The lowest BCUT2D eigenvalue weighted by atomic mass is 10.1. The normalized spacial score (nSPS) is 14.5. The fourth-order valence-electron chi connectivity index (χ4n) is 3.68. The number of morpholine rings is 1. The summed E-state index contributed by atoms with van der Waals surface area (Å²) in [6.45, 7) is 6.26. The molecule has 0 saturated carbocycles. The topological polar surface area (TPSA) is 113 Å². The van der Waals surface area contributed by atoms with E-state index in [-0.39, 0.29) is 22.2 Å². The van der Waals surface area contributed by atoms with Crippen LogP contribution in [0, 0.1) is 18.3 Å². The van der Waals surface area contributed by atoms with Crippen molar-refractivity contribution in [1.29, 1.82) is 5.26 Å². The molecular formula is C22H23N5O4. The van der Waals surface area contributed by atoms with E-state index in [0.717, 1.165) is 39.3 Å². The van der Waals surface area contributed by atoms with Crippen LogP contribution in [-0.2, 0) is 11.3 Å². The van der Waals surface area contributed by atoms with E-state index in [1.807, 2.05) is 6.07 Å². The molecule has 31 heavy (non-hydrogen) atoms. The molecule has 1 saturated heterocycles. The van der Waals surface area contributed by atoms with Gasteiger partial charge in [-0.05, 0) is 37.6 Å². The Labute approximate surface area is 178 Å². The van der Waals surface area contributed by atoms with Crippen LogP contribution in [0.1, 0.15) is 28.1 Å². The minimum Gasteiger partial charge on any atom is -0.442 e. The van der Waals surface area contributed by atoms with Crippen molar-refractivity contribution in [3.63, 3.8) is 0 Å². The summed E-state index contributed by atoms with van der Waals surface area (Å²) in [5.41, 5.74) is 1.05. The highest BCUT2D eigenvalue weighted by Crippen LogP contribution is 2.22. The third-order valence-corrected chi connectivity index (χ3v) is 5.33. The highest BCUT2D eigenvalue weighted by molar-refractivity contribution is 6.12. The summed E-state index contributed by atoms with van der Waals surface area (Å²) in [5.74, 6) is -0.122. The molecular weight excluding hydrogens is 398 g/mol. The SMILES string of the molecule is Cc1oc2ncn(CCCN3CCOCC3)c(=O)c2c1C(=O)Nc1ccc(C#N)cc1. The number of amides is 1. The predicted molar refractivity (Wildman–Crippen MR) is 114 cm³/mol. The van der Waals surface area contributed by atoms with Crippen molar-refractivity contribution >= 4 is 22.7 Å². The molecule has 160 valence electrons. The number of hydrogen-bond acceptors (Lipinski definition) is 7. The number of nitrogens with zero attached hydrogens (tertiary/aromatic N) is 4. The molecule has 0 spiro atoms. The lowest BCUT2D eigenvalue weighted by Gasteiger charge is -2.26. The number of nitrogens with one attached hydrogen (secondary N) is 1. The van der Waals surface area contributed by atoms with Gasteiger partial charge in [-0.15, -0.1) is 0 Å². The number of carbonyl (C=O) groups is 1. The molecule has 1 aromatic carbocycles. The average molecular weight is 421 g/mol. The molecule has 4 rings (SSSR count). The number of rotatable bonds is 6. The number of hydrogen-bond donors (Lipinski definition) is 1. The van der Waals surface area contributed by atoms with E-state index in [1.165, 1.54) is 10.9 Å². The maximum absolute atomic E-state index is 13.1. The molecule has 9 heteroatoms. The van der Waals surface area contributed by atoms with Crippen LogP contribution < -0.4 is 10.9 Å². The zero-order valence-corrected chi connectivity index (χ0v) is 17.3. The second-order valence-corrected chi connectivity index (χ2v) is 7.41. The molecule has 1 amide bonds. The van der Waals surface area contributed by atoms with Crippen molar-refractivity contribution in [3.8, 4) is 6.07 Å². The first-order valence-electron chi connectivity index (χ1n) is 10.2. The molecule has 3 heterocycles. The minimum absolute atomic E-state index is 0.150. The number of furan rings is 1. The van der Waals surface area contributed by atoms with E-state index >= 15 is 0 Å². The number of fused-ring (bicyclic) bond motifs is 1. The highest BCUT2D eigenvalue weighted by atomic mass is 16.5. The lowest BCUT2D eigenvalue weighted by Crippen LogP contribution is -2.37. The smallest absolute Gasteiger partial charge is 0.265 e. The van der Waals surface area contributed by atoms with Gasteiger partial charge in [0.05, 0.1) is 30.4 Å². The van der Waals surface area contributed by atoms with E-state index in [1.54, 1.807) is 31.2 Å². The van der Waals surface area contributed by atoms with Gasteiger partial charge >= 0.3 is 0 Å². The summed E-state index contributed by atoms with van der Waals surface area (Å²) >= 11 is 0. The van der Waals surface area contributed by atoms with Crippen LogP contribution in [0.25, 0.3) is 11.1 Å². The summed E-state index contributed by atoms with van der Waals surface area (Å²) in [6.07, 6.45) is 2.26. The predicted octanol–water partition coefficient (Wildman–Crippen LogP) is 2.14. The minimum atomic E-state index is -0.453. The molecule has 0 aliphatic carbocycles. The quantitative estimate of drug-likeness (QED) is 0.649. The Balaban J connectivity index is 1.54. The molecule has 3 aromatic rings. The molecule has 2 aromatic heterocycles. The lowest BCUT2D eigenvalue weighted by molar-refractivity contribution is 0.0369. The molecule has 0 atom stereocenters. The van der Waals surface area contributed by atoms with Gasteiger partial charge in [0.15, 0.2) is 0 Å². The first kappa shape index (κ1) is 20.8. The van der Waals surface area contributed by atoms with Crippen molar-refractivity contribution in [1.82, 2.24) is 14.5 Å². The Bertz CT molecular complexity index is 1180. The van der Waals surface area contributed by atoms with Gasteiger partial charge in [-0.2, -0.15) is 5.26 Å². The third-order valence-electron chi connectivity index (χ3n) is 5.33. The Hall–Kier alpha value is -3.48. The first-order chi connectivity index (χ1) is 15.1. The van der Waals surface area contributed by atoms with Gasteiger partial charge in [0.2, 0.25) is 5.71 Å². The molecule has 1 N–H and O–H groups in total. The van der Waals surface area contributed by atoms with Crippen molar-refractivity contribution in [2.75, 3.05) is 38.2 Å². The van der Waals surface area contributed by atoms with Crippen LogP contribution in [0.2, 0.25) is 0 Å². The fraction of sp³-hybridized carbons (Fsp3) is 0.364. The van der Waals surface area contributed by atoms with Crippen LogP contribution in [0.15, 0.2) is 39.8 Å². The van der Waals surface area contributed by atoms with Crippen LogP contribution in [0.4, 0.5) is 5.69 Å². The fourth-order valence-corrected chi connectivity index (χ4v) is 3.68. The zero-order chi connectivity index (χ0) is 21.8. The number of carbonyl (C=O) groups excluding carboxylic acids is 1. The Morgan fingerprint density at radius 1 is 1.23 bits per heavy atom. The molecule has 0 unspecified atom stereocenters. The molecule has 1 aliphatic rings. The van der Waals surface area contributed by atoms with Crippen LogP contribution in [0.3, 0.4) is 0 Å². The van der Waals surface area contributed by atoms with Gasteiger partial charge in [-0.25, -0.2) is 4.98 Å². The Kier molecular flexibility index (Phi) is 6.11. The van der Waals surface area contributed by atoms with Gasteiger partial charge in [0.1, 0.15) is 17.5 Å². The molecule has 0 bridgehead atoms. The second kappa shape index (κ2) is 9.12. The van der Waals surface area contributed by atoms with Gasteiger partial charge in [-0.1, -0.05) is 0 Å². The molecule has 9 nitrogen and oxygen atoms in total. The van der Waals surface area contributed by atoms with Gasteiger partial charge in [0, 0.05) is 31.9 Å². The summed E-state index contributed by atoms with van der Waals surface area (Å²) in [5, 5.41) is 11.8. The van der Waals surface area contributed by atoms with E-state index in [2.05, 4.69) is 15.2 Å². The van der Waals surface area contributed by atoms with Gasteiger partial charge in [-0.3, -0.25) is 19.1 Å². The number of aryl methyl sites for hydroxylation is 2. The molecule has 1 fully saturated rings. The number of aromatic nitrogens is 2. The maximum atomic E-state index is 13.1. The average Bonchev–Trinajstić information content (AvgIpc) is 3.13. The summed E-state index contributed by atoms with van der Waals surface area (Å²) in [4.78, 5) is 32.6. The van der Waals surface area contributed by atoms with Crippen molar-refractivity contribution in [3.05, 3.63) is 57.8 Å². The second-order valence-electron chi connectivity index (χ2n) is 7.41. The maximum Gasteiger partial charge on any atom is 0.265 e. The third kappa shape index (κ3) is 4.50. The summed E-state index contributed by atoms with van der Waals surface area (Å²) < 4.78 is 12.5. The number of benzene rings is 1.